The number of halogens is 1. The molecule has 10 heteroatoms. The third kappa shape index (κ3) is 4.43. The number of nitrogens with one attached hydrogen (secondary N) is 2. The van der Waals surface area contributed by atoms with E-state index in [0.717, 1.165) is 51.4 Å². The van der Waals surface area contributed by atoms with Gasteiger partial charge in [-0.25, -0.2) is 9.18 Å². The van der Waals surface area contributed by atoms with E-state index in [1.807, 2.05) is 0 Å². The Morgan fingerprint density at radius 1 is 1.06 bits per heavy atom. The number of benzene rings is 1. The zero-order valence-electron chi connectivity index (χ0n) is 18.7. The Morgan fingerprint density at radius 3 is 2.55 bits per heavy atom. The average molecular weight is 456 g/mol. The number of fused-ring (bicyclic) bond motifs is 1. The first kappa shape index (κ1) is 21.8. The van der Waals surface area contributed by atoms with Crippen LogP contribution in [-0.4, -0.2) is 35.8 Å². The normalized spacial score (nSPS) is 17.7. The van der Waals surface area contributed by atoms with Crippen LogP contribution in [-0.2, 0) is 13.0 Å². The van der Waals surface area contributed by atoms with E-state index in [1.54, 1.807) is 10.6 Å². The molecule has 2 aliphatic carbocycles. The summed E-state index contributed by atoms with van der Waals surface area (Å²) in [7, 11) is 0. The fourth-order valence-electron chi connectivity index (χ4n) is 5.37. The minimum absolute atomic E-state index is 0.0250. The maximum absolute atomic E-state index is 15.1. The molecule has 2 saturated carbocycles. The standard InChI is InChI=1S/C23H30FN7O2/c24-18-13-17-20(14-19(18)25-15-7-2-1-3-8-15)31(16-9-4-5-10-16)23(33)30(22(17)32)12-6-11-21-26-28-29-27-21/h13-16,25H,1-12H2,(H,26,27,28,29). The largest absolute Gasteiger partial charge is 0.380 e. The van der Waals surface area contributed by atoms with E-state index in [2.05, 4.69) is 25.9 Å². The summed E-state index contributed by atoms with van der Waals surface area (Å²) in [4.78, 5) is 26.8. The Bertz CT molecular complexity index is 1220. The number of hydrogen-bond donors (Lipinski definition) is 2. The van der Waals surface area contributed by atoms with Crippen LogP contribution in [0.25, 0.3) is 10.9 Å². The van der Waals surface area contributed by atoms with Crippen LogP contribution in [0, 0.1) is 5.82 Å². The highest BCUT2D eigenvalue weighted by Gasteiger charge is 2.25. The van der Waals surface area contributed by atoms with Gasteiger partial charge in [-0.15, -0.1) is 10.2 Å². The van der Waals surface area contributed by atoms with E-state index in [0.29, 0.717) is 29.9 Å². The van der Waals surface area contributed by atoms with Gasteiger partial charge in [0.2, 0.25) is 0 Å². The highest BCUT2D eigenvalue weighted by molar-refractivity contribution is 5.82. The van der Waals surface area contributed by atoms with E-state index in [1.165, 1.54) is 17.1 Å². The maximum Gasteiger partial charge on any atom is 0.331 e. The van der Waals surface area contributed by atoms with E-state index in [4.69, 9.17) is 0 Å². The molecule has 2 N–H and O–H groups in total. The molecule has 9 nitrogen and oxygen atoms in total. The van der Waals surface area contributed by atoms with Gasteiger partial charge in [-0.3, -0.25) is 13.9 Å². The SMILES string of the molecule is O=c1c2cc(F)c(NC3CCCCC3)cc2n(C2CCCC2)c(=O)n1CCCc1nn[nH]n1. The fraction of sp³-hybridized carbons (Fsp3) is 0.609. The molecule has 0 aliphatic heterocycles. The van der Waals surface area contributed by atoms with Crippen molar-refractivity contribution in [3.63, 3.8) is 0 Å². The van der Waals surface area contributed by atoms with Gasteiger partial charge in [0.05, 0.1) is 16.6 Å². The summed E-state index contributed by atoms with van der Waals surface area (Å²) >= 11 is 0. The molecule has 2 aromatic heterocycles. The Balaban J connectivity index is 1.55. The van der Waals surface area contributed by atoms with Crippen molar-refractivity contribution in [2.45, 2.75) is 89.3 Å². The van der Waals surface area contributed by atoms with Crippen LogP contribution in [0.3, 0.4) is 0 Å². The van der Waals surface area contributed by atoms with E-state index in [-0.39, 0.29) is 29.7 Å². The van der Waals surface area contributed by atoms with Gasteiger partial charge in [-0.1, -0.05) is 37.3 Å². The van der Waals surface area contributed by atoms with Crippen LogP contribution in [0.15, 0.2) is 21.7 Å². The number of tetrazole rings is 1. The first-order valence-corrected chi connectivity index (χ1v) is 12.1. The molecule has 2 heterocycles. The fourth-order valence-corrected chi connectivity index (χ4v) is 5.37. The van der Waals surface area contributed by atoms with Crippen LogP contribution >= 0.6 is 0 Å². The Kier molecular flexibility index (Phi) is 6.24. The number of aromatic nitrogens is 6. The van der Waals surface area contributed by atoms with Gasteiger partial charge < -0.3 is 5.32 Å². The molecule has 0 unspecified atom stereocenters. The number of nitrogens with zero attached hydrogens (tertiary/aromatic N) is 5. The van der Waals surface area contributed by atoms with Gasteiger partial charge in [0.25, 0.3) is 5.56 Å². The summed E-state index contributed by atoms with van der Waals surface area (Å²) < 4.78 is 18.1. The van der Waals surface area contributed by atoms with E-state index < -0.39 is 11.4 Å². The minimum atomic E-state index is -0.444. The second-order valence-electron chi connectivity index (χ2n) is 9.31. The third-order valence-electron chi connectivity index (χ3n) is 7.08. The molecule has 0 radical (unpaired) electrons. The topological polar surface area (TPSA) is 110 Å². The van der Waals surface area contributed by atoms with Crippen LogP contribution in [0.2, 0.25) is 0 Å². The summed E-state index contributed by atoms with van der Waals surface area (Å²) in [6, 6.07) is 3.24. The van der Waals surface area contributed by atoms with E-state index in [9.17, 15) is 9.59 Å². The lowest BCUT2D eigenvalue weighted by atomic mass is 9.95. The van der Waals surface area contributed by atoms with E-state index >= 15 is 4.39 Å². The Hall–Kier alpha value is -3.04. The van der Waals surface area contributed by atoms with Crippen molar-refractivity contribution >= 4 is 16.6 Å². The third-order valence-corrected chi connectivity index (χ3v) is 7.08. The number of aromatic amines is 1. The summed E-state index contributed by atoms with van der Waals surface area (Å²) in [5.74, 6) is 0.0876. The lowest BCUT2D eigenvalue weighted by Gasteiger charge is -2.25. The second-order valence-corrected chi connectivity index (χ2v) is 9.31. The summed E-state index contributed by atoms with van der Waals surface area (Å²) in [6.45, 7) is 0.221. The molecular formula is C23H30FN7O2. The van der Waals surface area contributed by atoms with Gasteiger partial charge in [0, 0.05) is 25.0 Å². The molecule has 33 heavy (non-hydrogen) atoms. The van der Waals surface area contributed by atoms with Gasteiger partial charge in [-0.05, 0) is 44.2 Å². The van der Waals surface area contributed by atoms with Crippen molar-refractivity contribution in [2.24, 2.45) is 0 Å². The lowest BCUT2D eigenvalue weighted by molar-refractivity contribution is 0.460. The molecule has 3 aromatic rings. The lowest BCUT2D eigenvalue weighted by Crippen LogP contribution is -2.41. The first-order valence-electron chi connectivity index (χ1n) is 12.1. The van der Waals surface area contributed by atoms with Crippen molar-refractivity contribution in [3.05, 3.63) is 44.6 Å². The minimum Gasteiger partial charge on any atom is -0.380 e. The van der Waals surface area contributed by atoms with Crippen molar-refractivity contribution in [2.75, 3.05) is 5.32 Å². The highest BCUT2D eigenvalue weighted by Crippen LogP contribution is 2.32. The summed E-state index contributed by atoms with van der Waals surface area (Å²) in [6.07, 6.45) is 10.4. The van der Waals surface area contributed by atoms with Gasteiger partial charge >= 0.3 is 5.69 Å². The zero-order chi connectivity index (χ0) is 22.8. The predicted molar refractivity (Wildman–Crippen MR) is 123 cm³/mol. The number of hydrogen-bond acceptors (Lipinski definition) is 6. The average Bonchev–Trinajstić information content (AvgIpc) is 3.53. The smallest absolute Gasteiger partial charge is 0.331 e. The molecule has 2 aliphatic rings. The number of anilines is 1. The quantitative estimate of drug-likeness (QED) is 0.566. The number of aryl methyl sites for hydroxylation is 1. The Labute approximate surface area is 190 Å². The zero-order valence-corrected chi connectivity index (χ0v) is 18.7. The van der Waals surface area contributed by atoms with Crippen molar-refractivity contribution in [1.29, 1.82) is 0 Å². The maximum atomic E-state index is 15.1. The van der Waals surface area contributed by atoms with Gasteiger partial charge in [-0.2, -0.15) is 5.21 Å². The first-order chi connectivity index (χ1) is 16.1. The van der Waals surface area contributed by atoms with Crippen molar-refractivity contribution in [3.8, 4) is 0 Å². The number of rotatable bonds is 7. The van der Waals surface area contributed by atoms with Crippen LogP contribution in [0.4, 0.5) is 10.1 Å². The van der Waals surface area contributed by atoms with Gasteiger partial charge in [0.1, 0.15) is 5.82 Å². The molecule has 5 rings (SSSR count). The predicted octanol–water partition coefficient (Wildman–Crippen LogP) is 3.31. The molecule has 0 atom stereocenters. The van der Waals surface area contributed by atoms with Crippen molar-refractivity contribution in [1.82, 2.24) is 29.8 Å². The molecule has 0 saturated heterocycles. The molecule has 0 amide bonds. The molecule has 1 aromatic carbocycles. The Morgan fingerprint density at radius 2 is 1.82 bits per heavy atom. The second kappa shape index (κ2) is 9.44. The summed E-state index contributed by atoms with van der Waals surface area (Å²) in [5.41, 5.74) is 0.157. The molecule has 176 valence electrons. The van der Waals surface area contributed by atoms with Crippen LogP contribution in [0.1, 0.15) is 76.1 Å². The van der Waals surface area contributed by atoms with Crippen LogP contribution < -0.4 is 16.6 Å². The molecular weight excluding hydrogens is 425 g/mol. The van der Waals surface area contributed by atoms with Crippen LogP contribution in [0.5, 0.6) is 0 Å². The number of H-pyrrole nitrogens is 1. The highest BCUT2D eigenvalue weighted by atomic mass is 19.1. The van der Waals surface area contributed by atoms with Gasteiger partial charge in [0.15, 0.2) is 5.82 Å². The molecule has 0 spiro atoms. The molecule has 2 fully saturated rings. The summed E-state index contributed by atoms with van der Waals surface area (Å²) in [5, 5.41) is 17.4. The monoisotopic (exact) mass is 455 g/mol. The van der Waals surface area contributed by atoms with Crippen molar-refractivity contribution < 1.29 is 4.39 Å². The molecule has 0 bridgehead atoms.